The van der Waals surface area contributed by atoms with Crippen LogP contribution in [0, 0.1) is 25.6 Å². The van der Waals surface area contributed by atoms with Crippen molar-refractivity contribution in [3.63, 3.8) is 0 Å². The lowest BCUT2D eigenvalue weighted by molar-refractivity contribution is -0.118. The van der Waals surface area contributed by atoms with E-state index < -0.39 is 11.7 Å². The van der Waals surface area contributed by atoms with Gasteiger partial charge in [-0.1, -0.05) is 13.8 Å². The minimum Gasteiger partial charge on any atom is -0.366 e. The van der Waals surface area contributed by atoms with Gasteiger partial charge >= 0.3 is 0 Å². The second-order valence-electron chi connectivity index (χ2n) is 8.99. The number of nitrogens with zero attached hydrogens (tertiary/aromatic N) is 4. The van der Waals surface area contributed by atoms with E-state index in [-0.39, 0.29) is 17.4 Å². The molecule has 2 amide bonds. The summed E-state index contributed by atoms with van der Waals surface area (Å²) in [6, 6.07) is 2.55. The molecule has 2 heterocycles. The molecule has 0 bridgehead atoms. The summed E-state index contributed by atoms with van der Waals surface area (Å²) in [5, 5.41) is 2.92. The number of hydrogen-bond acceptors (Lipinski definition) is 6. The summed E-state index contributed by atoms with van der Waals surface area (Å²) in [5.41, 5.74) is 7.25. The van der Waals surface area contributed by atoms with Crippen molar-refractivity contribution < 1.29 is 14.0 Å². The molecule has 1 aliphatic heterocycles. The summed E-state index contributed by atoms with van der Waals surface area (Å²) in [7, 11) is 3.88. The van der Waals surface area contributed by atoms with E-state index in [4.69, 9.17) is 5.73 Å². The molecule has 2 aromatic rings. The Morgan fingerprint density at radius 1 is 1.26 bits per heavy atom. The van der Waals surface area contributed by atoms with Gasteiger partial charge in [-0.15, -0.1) is 0 Å². The topological polar surface area (TPSA) is 104 Å². The number of aromatic nitrogens is 2. The van der Waals surface area contributed by atoms with Gasteiger partial charge in [-0.3, -0.25) is 9.59 Å². The van der Waals surface area contributed by atoms with Gasteiger partial charge in [0.25, 0.3) is 5.91 Å². The van der Waals surface area contributed by atoms with Gasteiger partial charge in [0, 0.05) is 19.2 Å². The van der Waals surface area contributed by atoms with Crippen molar-refractivity contribution in [1.82, 2.24) is 14.9 Å². The van der Waals surface area contributed by atoms with Crippen LogP contribution >= 0.6 is 0 Å². The quantitative estimate of drug-likeness (QED) is 0.653. The van der Waals surface area contributed by atoms with Gasteiger partial charge in [-0.25, -0.2) is 14.4 Å². The summed E-state index contributed by atoms with van der Waals surface area (Å²) in [6.07, 6.45) is 5.55. The number of anilines is 3. The first-order chi connectivity index (χ1) is 16.0. The molecule has 0 radical (unpaired) electrons. The Labute approximate surface area is 201 Å². The lowest BCUT2D eigenvalue weighted by Crippen LogP contribution is -2.28. The van der Waals surface area contributed by atoms with Crippen molar-refractivity contribution in [2.24, 2.45) is 11.7 Å². The highest BCUT2D eigenvalue weighted by Gasteiger charge is 2.16. The van der Waals surface area contributed by atoms with Crippen LogP contribution in [0.2, 0.25) is 0 Å². The summed E-state index contributed by atoms with van der Waals surface area (Å²) >= 11 is 0. The number of likely N-dealkylation sites (tertiary alicyclic amines) is 1. The van der Waals surface area contributed by atoms with Gasteiger partial charge in [0.05, 0.1) is 23.1 Å². The third-order valence-electron chi connectivity index (χ3n) is 5.99. The number of hydrogen-bond donors (Lipinski definition) is 2. The SMILES string of the molecule is CC1CCN(C)CC1.CCCC(=O)N(C)c1cnc(Nc2cc(F)c(C(N)=O)cc2C)nc1C. The predicted molar refractivity (Wildman–Crippen MR) is 134 cm³/mol. The number of halogens is 1. The fourth-order valence-corrected chi connectivity index (χ4v) is 3.63. The van der Waals surface area contributed by atoms with Gasteiger partial charge in [-0.05, 0) is 76.9 Å². The zero-order valence-corrected chi connectivity index (χ0v) is 21.1. The lowest BCUT2D eigenvalue weighted by atomic mass is 10.00. The number of carbonyl (C=O) groups is 2. The molecule has 0 saturated carbocycles. The molecule has 1 aliphatic rings. The van der Waals surface area contributed by atoms with Gasteiger partial charge < -0.3 is 20.9 Å². The van der Waals surface area contributed by atoms with Gasteiger partial charge in [0.1, 0.15) is 5.82 Å². The molecule has 0 aliphatic carbocycles. The van der Waals surface area contributed by atoms with Gasteiger partial charge in [0.2, 0.25) is 11.9 Å². The predicted octanol–water partition coefficient (Wildman–Crippen LogP) is 4.19. The number of benzene rings is 1. The third-order valence-corrected chi connectivity index (χ3v) is 5.99. The number of nitrogens with two attached hydrogens (primary N) is 1. The van der Waals surface area contributed by atoms with Crippen LogP contribution in [-0.2, 0) is 4.79 Å². The molecular weight excluding hydrogens is 435 g/mol. The third kappa shape index (κ3) is 7.48. The fourth-order valence-electron chi connectivity index (χ4n) is 3.63. The molecule has 9 heteroatoms. The molecule has 0 spiro atoms. The zero-order chi connectivity index (χ0) is 25.4. The largest absolute Gasteiger partial charge is 0.366 e. The Hall–Kier alpha value is -3.07. The highest BCUT2D eigenvalue weighted by atomic mass is 19.1. The van der Waals surface area contributed by atoms with E-state index in [0.717, 1.165) is 12.3 Å². The average Bonchev–Trinajstić information content (AvgIpc) is 2.78. The van der Waals surface area contributed by atoms with E-state index in [1.54, 1.807) is 27.1 Å². The van der Waals surface area contributed by atoms with Gasteiger partial charge in [0.15, 0.2) is 0 Å². The molecule has 1 aromatic heterocycles. The minimum absolute atomic E-state index is 0.0140. The normalized spacial score (nSPS) is 14.2. The first kappa shape index (κ1) is 27.2. The Morgan fingerprint density at radius 2 is 1.91 bits per heavy atom. The van der Waals surface area contributed by atoms with Crippen LogP contribution < -0.4 is 16.0 Å². The maximum absolute atomic E-state index is 14.0. The first-order valence-electron chi connectivity index (χ1n) is 11.7. The lowest BCUT2D eigenvalue weighted by Gasteiger charge is -2.26. The number of rotatable bonds is 6. The highest BCUT2D eigenvalue weighted by Crippen LogP contribution is 2.24. The monoisotopic (exact) mass is 472 g/mol. The molecule has 186 valence electrons. The zero-order valence-electron chi connectivity index (χ0n) is 21.1. The number of aryl methyl sites for hydroxylation is 2. The Balaban J connectivity index is 0.000000430. The van der Waals surface area contributed by atoms with Crippen molar-refractivity contribution in [3.8, 4) is 0 Å². The van der Waals surface area contributed by atoms with Crippen LogP contribution in [-0.4, -0.2) is 53.9 Å². The van der Waals surface area contributed by atoms with Crippen LogP contribution in [0.15, 0.2) is 18.3 Å². The van der Waals surface area contributed by atoms with E-state index >= 15 is 0 Å². The molecule has 1 fully saturated rings. The summed E-state index contributed by atoms with van der Waals surface area (Å²) in [6.45, 7) is 10.4. The minimum atomic E-state index is -0.826. The second-order valence-corrected chi connectivity index (χ2v) is 8.99. The second kappa shape index (κ2) is 12.4. The average molecular weight is 473 g/mol. The van der Waals surface area contributed by atoms with Crippen LogP contribution in [0.1, 0.15) is 61.1 Å². The fraction of sp³-hybridized carbons (Fsp3) is 0.520. The van der Waals surface area contributed by atoms with Gasteiger partial charge in [-0.2, -0.15) is 0 Å². The summed E-state index contributed by atoms with van der Waals surface area (Å²) in [4.78, 5) is 35.7. The number of primary amides is 1. The maximum Gasteiger partial charge on any atom is 0.251 e. The summed E-state index contributed by atoms with van der Waals surface area (Å²) < 4.78 is 14.0. The van der Waals surface area contributed by atoms with Crippen molar-refractivity contribution in [1.29, 1.82) is 0 Å². The Bertz CT molecular complexity index is 995. The number of amides is 2. The van der Waals surface area contributed by atoms with Crippen molar-refractivity contribution in [2.45, 2.75) is 53.4 Å². The Morgan fingerprint density at radius 3 is 2.44 bits per heavy atom. The smallest absolute Gasteiger partial charge is 0.251 e. The number of piperidine rings is 1. The van der Waals surface area contributed by atoms with Crippen LogP contribution in [0.4, 0.5) is 21.7 Å². The van der Waals surface area contributed by atoms with Crippen molar-refractivity contribution in [2.75, 3.05) is 37.4 Å². The molecule has 3 N–H and O–H groups in total. The van der Waals surface area contributed by atoms with E-state index in [2.05, 4.69) is 34.2 Å². The van der Waals surface area contributed by atoms with Crippen LogP contribution in [0.3, 0.4) is 0 Å². The molecule has 8 nitrogen and oxygen atoms in total. The summed E-state index contributed by atoms with van der Waals surface area (Å²) in [5.74, 6) is -0.319. The molecule has 3 rings (SSSR count). The van der Waals surface area contributed by atoms with Crippen LogP contribution in [0.25, 0.3) is 0 Å². The van der Waals surface area contributed by atoms with E-state index in [0.29, 0.717) is 29.1 Å². The van der Waals surface area contributed by atoms with E-state index in [1.807, 2.05) is 6.92 Å². The first-order valence-corrected chi connectivity index (χ1v) is 11.7. The number of carbonyl (C=O) groups excluding carboxylic acids is 2. The molecule has 0 unspecified atom stereocenters. The van der Waals surface area contributed by atoms with Crippen molar-refractivity contribution in [3.05, 3.63) is 41.0 Å². The van der Waals surface area contributed by atoms with Crippen LogP contribution in [0.5, 0.6) is 0 Å². The molecular formula is C25H37FN6O2. The van der Waals surface area contributed by atoms with Crippen molar-refractivity contribution >= 4 is 29.1 Å². The number of nitrogens with one attached hydrogen (secondary N) is 1. The molecule has 0 atom stereocenters. The maximum atomic E-state index is 14.0. The van der Waals surface area contributed by atoms with E-state index in [9.17, 15) is 14.0 Å². The standard InChI is InChI=1S/C18H22FN5O2.C7H15N/c1-5-6-16(25)24(4)15-9-21-18(22-11(15)3)23-14-8-13(19)12(17(20)26)7-10(14)2;1-7-3-5-8(2)6-4-7/h7-9H,5-6H2,1-4H3,(H2,20,26)(H,21,22,23);7H,3-6H2,1-2H3. The highest BCUT2D eigenvalue weighted by molar-refractivity contribution is 5.94. The Kier molecular flexibility index (Phi) is 9.92. The molecule has 1 aromatic carbocycles. The van der Waals surface area contributed by atoms with E-state index in [1.165, 1.54) is 43.0 Å². The molecule has 1 saturated heterocycles. The molecule has 34 heavy (non-hydrogen) atoms.